The Bertz CT molecular complexity index is 3510. The summed E-state index contributed by atoms with van der Waals surface area (Å²) in [6, 6.07) is 8.72. The number of nitrogens with zero attached hydrogens (tertiary/aromatic N) is 6. The quantitative estimate of drug-likeness (QED) is 0.0225. The van der Waals surface area contributed by atoms with Gasteiger partial charge in [0.1, 0.15) is 40.7 Å². The van der Waals surface area contributed by atoms with Crippen molar-refractivity contribution in [2.45, 2.75) is 112 Å². The number of aliphatic hydroxyl groups is 1. The van der Waals surface area contributed by atoms with Crippen LogP contribution in [0.3, 0.4) is 0 Å². The van der Waals surface area contributed by atoms with Crippen molar-refractivity contribution in [2.75, 3.05) is 37.7 Å². The highest BCUT2D eigenvalue weighted by Crippen LogP contribution is 2.66. The molecule has 29 nitrogen and oxygen atoms in total. The Balaban J connectivity index is 0.952. The average Bonchev–Trinajstić information content (AvgIpc) is 4.06. The number of fused-ring (bicyclic) bond motifs is 3. The maximum absolute atomic E-state index is 13.0. The van der Waals surface area contributed by atoms with Crippen molar-refractivity contribution in [1.29, 1.82) is 0 Å². The SMILES string of the molecule is CCN1/C(=C/C=C/C2=[N+](CCCCCC(=O)NCCNC(=O)O[C@H]3[C@@H](O)[C@H](n4cnc5c(C)ncnc54)O[C@@H]3COP(=O)(O)OP(=O)(O)OP(=O)(O)O)c3ccc(S(=O)(=O)O)cc3C2(C)C)C(C)(C)c2cc(S(=O)(=O)[O-])ccc21. The molecule has 3 aliphatic rings. The lowest BCUT2D eigenvalue weighted by atomic mass is 9.81. The van der Waals surface area contributed by atoms with Gasteiger partial charge in [-0.25, -0.2) is 41.9 Å². The molecule has 1 fully saturated rings. The van der Waals surface area contributed by atoms with Crippen LogP contribution in [0, 0.1) is 6.92 Å². The predicted molar refractivity (Wildman–Crippen MR) is 276 cm³/mol. The summed E-state index contributed by atoms with van der Waals surface area (Å²) in [6.45, 7) is 10.9. The highest BCUT2D eigenvalue weighted by molar-refractivity contribution is 7.86. The van der Waals surface area contributed by atoms with E-state index in [-0.39, 0.29) is 40.9 Å². The zero-order valence-electron chi connectivity index (χ0n) is 43.2. The Hall–Kier alpha value is -5.17. The van der Waals surface area contributed by atoms with E-state index >= 15 is 0 Å². The minimum Gasteiger partial charge on any atom is -0.744 e. The molecule has 6 atom stereocenters. The van der Waals surface area contributed by atoms with Crippen molar-refractivity contribution in [1.82, 2.24) is 30.2 Å². The number of benzene rings is 2. The van der Waals surface area contributed by atoms with Crippen molar-refractivity contribution in [3.8, 4) is 0 Å². The van der Waals surface area contributed by atoms with Crippen molar-refractivity contribution < 1.29 is 101 Å². The van der Waals surface area contributed by atoms with Crippen molar-refractivity contribution in [3.05, 3.63) is 89.8 Å². The number of nitrogens with one attached hydrogen (secondary N) is 2. The van der Waals surface area contributed by atoms with Gasteiger partial charge in [-0.3, -0.25) is 18.4 Å². The van der Waals surface area contributed by atoms with Crippen LogP contribution in [0.25, 0.3) is 11.2 Å². The lowest BCUT2D eigenvalue weighted by Gasteiger charge is -2.25. The minimum atomic E-state index is -5.90. The number of ether oxygens (including phenoxy) is 2. The summed E-state index contributed by atoms with van der Waals surface area (Å²) >= 11 is 0. The third-order valence-electron chi connectivity index (χ3n) is 13.3. The molecule has 2 aromatic carbocycles. The Kier molecular flexibility index (Phi) is 18.2. The van der Waals surface area contributed by atoms with Crippen LogP contribution in [-0.2, 0) is 72.2 Å². The number of carbonyl (C=O) groups excluding carboxylic acids is 2. The number of aliphatic hydroxyl groups excluding tert-OH is 1. The summed E-state index contributed by atoms with van der Waals surface area (Å²) in [5.74, 6) is -0.353. The summed E-state index contributed by atoms with van der Waals surface area (Å²) in [7, 11) is -26.5. The van der Waals surface area contributed by atoms with E-state index in [9.17, 15) is 64.1 Å². The molecule has 2 amide bonds. The second kappa shape index (κ2) is 23.4. The van der Waals surface area contributed by atoms with Crippen LogP contribution in [0.15, 0.2) is 82.8 Å². The first kappa shape index (κ1) is 61.4. The molecule has 34 heteroatoms. The summed E-state index contributed by atoms with van der Waals surface area (Å²) in [5.41, 5.74) is 3.93. The lowest BCUT2D eigenvalue weighted by molar-refractivity contribution is -0.438. The number of carbonyl (C=O) groups is 2. The smallest absolute Gasteiger partial charge is 0.490 e. The summed E-state index contributed by atoms with van der Waals surface area (Å²) in [6.07, 6.45) is 2.12. The summed E-state index contributed by atoms with van der Waals surface area (Å²) < 4.78 is 132. The van der Waals surface area contributed by atoms with E-state index in [1.54, 1.807) is 19.1 Å². The van der Waals surface area contributed by atoms with Gasteiger partial charge in [-0.15, -0.1) is 0 Å². The maximum Gasteiger partial charge on any atom is 0.490 e. The third kappa shape index (κ3) is 14.1. The monoisotopic (exact) mass is 1200 g/mol. The molecule has 3 aliphatic heterocycles. The topological polar surface area (TPSA) is 418 Å². The van der Waals surface area contributed by atoms with Crippen LogP contribution >= 0.6 is 23.5 Å². The van der Waals surface area contributed by atoms with Crippen LogP contribution < -0.4 is 15.5 Å². The number of aryl methyl sites for hydroxylation is 1. The second-order valence-electron chi connectivity index (χ2n) is 19.4. The van der Waals surface area contributed by atoms with Crippen LogP contribution in [0.5, 0.6) is 0 Å². The first-order chi connectivity index (χ1) is 36.6. The van der Waals surface area contributed by atoms with E-state index in [0.29, 0.717) is 60.4 Å². The Morgan fingerprint density at radius 3 is 2.25 bits per heavy atom. The summed E-state index contributed by atoms with van der Waals surface area (Å²) in [4.78, 5) is 77.1. The number of allylic oxidation sites excluding steroid dienone is 4. The zero-order valence-corrected chi connectivity index (χ0v) is 47.5. The fourth-order valence-electron chi connectivity index (χ4n) is 9.64. The number of likely N-dealkylation sites (N-methyl/N-ethyl adjacent to an activating group) is 1. The van der Waals surface area contributed by atoms with Crippen molar-refractivity contribution in [3.63, 3.8) is 0 Å². The number of imidazole rings is 1. The molecule has 0 bridgehead atoms. The van der Waals surface area contributed by atoms with E-state index in [4.69, 9.17) is 23.8 Å². The Morgan fingerprint density at radius 2 is 1.58 bits per heavy atom. The molecule has 8 N–H and O–H groups in total. The first-order valence-electron chi connectivity index (χ1n) is 24.2. The fourth-order valence-corrected chi connectivity index (χ4v) is 13.7. The number of aromatic nitrogens is 4. The van der Waals surface area contributed by atoms with E-state index in [1.807, 2.05) is 62.3 Å². The molecule has 1 saturated heterocycles. The number of amides is 2. The first-order valence-corrected chi connectivity index (χ1v) is 31.5. The molecule has 0 spiro atoms. The van der Waals surface area contributed by atoms with Gasteiger partial charge in [-0.05, 0) is 82.5 Å². The molecule has 2 unspecified atom stereocenters. The highest BCUT2D eigenvalue weighted by atomic mass is 32.2. The third-order valence-corrected chi connectivity index (χ3v) is 18.8. The highest BCUT2D eigenvalue weighted by Gasteiger charge is 2.50. The number of anilines is 1. The molecule has 0 aliphatic carbocycles. The van der Waals surface area contributed by atoms with Crippen molar-refractivity contribution >= 4 is 84.0 Å². The number of phosphoric acid groups is 3. The number of alkyl carbamates (subject to hydrolysis) is 1. The standard InChI is InChI=1S/C45H59N8O21P3S2/c1-7-51-32-17-15-28(78(64,65)66)22-30(32)44(3,4)35(51)12-11-13-36-45(5,6)31-23-29(79(67,68)69)16-18-33(31)52(36)21-10-8-9-14-37(54)46-19-20-47-43(56)72-40-34(24-70-76(60,61)74-77(62,63)73-75(57,58)59)71-42(39(40)55)53-26-50-38-27(2)48-25-49-41(38)53/h11-13,15-18,22-23,25-26,34,39-40,42,55H,7-10,14,19-21,24H2,1-6H3,(H7-,46,47,54,56,57,58,59,60,61,62,63,64,65,66,67,68,69)/t34-,39-,40-,42-/m1/s1. The number of hydrogen-bond donors (Lipinski definition) is 8. The molecule has 2 aromatic heterocycles. The minimum absolute atomic E-state index is 0.0792. The van der Waals surface area contributed by atoms with Gasteiger partial charge in [0, 0.05) is 67.0 Å². The van der Waals surface area contributed by atoms with Gasteiger partial charge in [0.05, 0.1) is 33.8 Å². The molecule has 7 rings (SSSR count). The molecule has 0 radical (unpaired) electrons. The van der Waals surface area contributed by atoms with Crippen LogP contribution in [-0.4, -0.2) is 144 Å². The number of rotatable bonds is 23. The van der Waals surface area contributed by atoms with Gasteiger partial charge >= 0.3 is 29.6 Å². The summed E-state index contributed by atoms with van der Waals surface area (Å²) in [5, 5.41) is 16.4. The number of hydrogen-bond acceptors (Lipinski definition) is 20. The number of unbranched alkanes of at least 4 members (excludes halogenated alkanes) is 2. The Morgan fingerprint density at radius 1 is 0.899 bits per heavy atom. The molecule has 432 valence electrons. The lowest BCUT2D eigenvalue weighted by Crippen LogP contribution is -2.42. The maximum atomic E-state index is 13.0. The molecule has 79 heavy (non-hydrogen) atoms. The van der Waals surface area contributed by atoms with Gasteiger partial charge < -0.3 is 54.2 Å². The van der Waals surface area contributed by atoms with E-state index in [0.717, 1.165) is 17.1 Å². The zero-order chi connectivity index (χ0) is 58.3. The van der Waals surface area contributed by atoms with Crippen LogP contribution in [0.1, 0.15) is 83.4 Å². The molecular formula is C45H59N8O21P3S2. The predicted octanol–water partition coefficient (Wildman–Crippen LogP) is 3.99. The average molecular weight is 1210 g/mol. The van der Waals surface area contributed by atoms with Gasteiger partial charge in [-0.2, -0.15) is 21.6 Å². The molecular weight excluding hydrogens is 1150 g/mol. The van der Waals surface area contributed by atoms with Crippen molar-refractivity contribution in [2.24, 2.45) is 0 Å². The van der Waals surface area contributed by atoms with E-state index < -0.39 is 91.8 Å². The normalized spacial score (nSPS) is 22.0. The Labute approximate surface area is 453 Å². The van der Waals surface area contributed by atoms with Crippen LogP contribution in [0.2, 0.25) is 0 Å². The largest absolute Gasteiger partial charge is 0.744 e. The van der Waals surface area contributed by atoms with E-state index in [2.05, 4.69) is 34.2 Å². The molecule has 4 aromatic rings. The van der Waals surface area contributed by atoms with E-state index in [1.165, 1.54) is 41.5 Å². The van der Waals surface area contributed by atoms with Gasteiger partial charge in [-0.1, -0.05) is 19.9 Å². The van der Waals surface area contributed by atoms with Crippen LogP contribution in [0.4, 0.5) is 16.2 Å². The molecule has 5 heterocycles. The van der Waals surface area contributed by atoms with Gasteiger partial charge in [0.25, 0.3) is 10.1 Å². The second-order valence-corrected chi connectivity index (χ2v) is 26.6. The fraction of sp³-hybridized carbons (Fsp3) is 0.467. The molecule has 0 saturated carbocycles. The number of phosphoric ester groups is 1. The van der Waals surface area contributed by atoms with Gasteiger partial charge in [0.2, 0.25) is 11.6 Å². The van der Waals surface area contributed by atoms with Gasteiger partial charge in [0.15, 0.2) is 23.7 Å².